The molecule has 32 heavy (non-hydrogen) atoms. The predicted molar refractivity (Wildman–Crippen MR) is 123 cm³/mol. The lowest BCUT2D eigenvalue weighted by Gasteiger charge is -2.35. The van der Waals surface area contributed by atoms with Gasteiger partial charge in [0.25, 0.3) is 5.91 Å². The van der Waals surface area contributed by atoms with Crippen LogP contribution in [0.15, 0.2) is 42.5 Å². The van der Waals surface area contributed by atoms with Gasteiger partial charge in [-0.3, -0.25) is 14.5 Å². The Morgan fingerprint density at radius 2 is 1.91 bits per heavy atom. The highest BCUT2D eigenvalue weighted by molar-refractivity contribution is 6.31. The summed E-state index contributed by atoms with van der Waals surface area (Å²) in [6.45, 7) is 3.95. The first kappa shape index (κ1) is 22.6. The Hall–Kier alpha value is -2.61. The van der Waals surface area contributed by atoms with Gasteiger partial charge in [-0.2, -0.15) is 0 Å². The SMILES string of the molecule is COc1ccc([C@H](CNC(=O)c2ccc(Cl)cc2N2CCCC2=O)N2CCOCC2)cc1. The maximum absolute atomic E-state index is 13.2. The number of hydrogen-bond donors (Lipinski definition) is 1. The second-order valence-electron chi connectivity index (χ2n) is 7.96. The van der Waals surface area contributed by atoms with Gasteiger partial charge in [0.2, 0.25) is 5.91 Å². The van der Waals surface area contributed by atoms with E-state index in [2.05, 4.69) is 10.2 Å². The Morgan fingerprint density at radius 1 is 1.16 bits per heavy atom. The van der Waals surface area contributed by atoms with Crippen molar-refractivity contribution in [1.82, 2.24) is 10.2 Å². The molecule has 2 aliphatic rings. The van der Waals surface area contributed by atoms with Crippen LogP contribution >= 0.6 is 11.6 Å². The normalized spacial score (nSPS) is 17.9. The standard InChI is InChI=1S/C24H28ClN3O4/c1-31-19-7-4-17(5-8-19)22(27-11-13-32-14-12-27)16-26-24(30)20-9-6-18(25)15-21(20)28-10-2-3-23(28)29/h4-9,15,22H,2-3,10-14,16H2,1H3,(H,26,30)/t22-/m0/s1. The van der Waals surface area contributed by atoms with E-state index in [1.165, 1.54) is 0 Å². The first-order chi connectivity index (χ1) is 15.6. The zero-order chi connectivity index (χ0) is 22.5. The molecule has 1 N–H and O–H groups in total. The fourth-order valence-electron chi connectivity index (χ4n) is 4.28. The van der Waals surface area contributed by atoms with Gasteiger partial charge < -0.3 is 19.7 Å². The van der Waals surface area contributed by atoms with Crippen LogP contribution in [0.3, 0.4) is 0 Å². The zero-order valence-corrected chi connectivity index (χ0v) is 18.9. The van der Waals surface area contributed by atoms with Crippen LogP contribution in [0.5, 0.6) is 5.75 Å². The first-order valence-corrected chi connectivity index (χ1v) is 11.3. The smallest absolute Gasteiger partial charge is 0.253 e. The summed E-state index contributed by atoms with van der Waals surface area (Å²) in [5, 5.41) is 3.59. The molecule has 2 aromatic carbocycles. The average molecular weight is 458 g/mol. The highest BCUT2D eigenvalue weighted by Crippen LogP contribution is 2.29. The second kappa shape index (κ2) is 10.3. The van der Waals surface area contributed by atoms with Crippen molar-refractivity contribution < 1.29 is 19.1 Å². The molecule has 2 heterocycles. The number of rotatable bonds is 7. The minimum atomic E-state index is -0.219. The maximum Gasteiger partial charge on any atom is 0.253 e. The van der Waals surface area contributed by atoms with Gasteiger partial charge in [-0.05, 0) is 42.3 Å². The summed E-state index contributed by atoms with van der Waals surface area (Å²) in [6, 6.07) is 13.0. The number of nitrogens with one attached hydrogen (secondary N) is 1. The van der Waals surface area contributed by atoms with Crippen molar-refractivity contribution in [3.05, 3.63) is 58.6 Å². The number of carbonyl (C=O) groups excluding carboxylic acids is 2. The highest BCUT2D eigenvalue weighted by Gasteiger charge is 2.28. The number of nitrogens with zero attached hydrogens (tertiary/aromatic N) is 2. The highest BCUT2D eigenvalue weighted by atomic mass is 35.5. The Bertz CT molecular complexity index is 960. The van der Waals surface area contributed by atoms with Gasteiger partial charge in [-0.25, -0.2) is 0 Å². The fraction of sp³-hybridized carbons (Fsp3) is 0.417. The zero-order valence-electron chi connectivity index (χ0n) is 18.2. The third kappa shape index (κ3) is 5.06. The van der Waals surface area contributed by atoms with E-state index in [0.717, 1.165) is 30.8 Å². The van der Waals surface area contributed by atoms with Crippen LogP contribution in [0.25, 0.3) is 0 Å². The largest absolute Gasteiger partial charge is 0.497 e. The van der Waals surface area contributed by atoms with E-state index >= 15 is 0 Å². The lowest BCUT2D eigenvalue weighted by molar-refractivity contribution is -0.117. The summed E-state index contributed by atoms with van der Waals surface area (Å²) in [4.78, 5) is 29.5. The van der Waals surface area contributed by atoms with Crippen LogP contribution in [0.2, 0.25) is 5.02 Å². The quantitative estimate of drug-likeness (QED) is 0.691. The second-order valence-corrected chi connectivity index (χ2v) is 8.39. The predicted octanol–water partition coefficient (Wildman–Crippen LogP) is 3.28. The van der Waals surface area contributed by atoms with Crippen LogP contribution in [0.4, 0.5) is 5.69 Å². The van der Waals surface area contributed by atoms with Crippen molar-refractivity contribution in [3.63, 3.8) is 0 Å². The van der Waals surface area contributed by atoms with Crippen molar-refractivity contribution in [2.45, 2.75) is 18.9 Å². The molecule has 2 fully saturated rings. The number of halogens is 1. The fourth-order valence-corrected chi connectivity index (χ4v) is 4.45. The molecule has 2 aliphatic heterocycles. The molecule has 0 aliphatic carbocycles. The summed E-state index contributed by atoms with van der Waals surface area (Å²) in [6.07, 6.45) is 1.27. The molecule has 2 amide bonds. The summed E-state index contributed by atoms with van der Waals surface area (Å²) >= 11 is 6.18. The number of benzene rings is 2. The van der Waals surface area contributed by atoms with Gasteiger partial charge in [-0.15, -0.1) is 0 Å². The van der Waals surface area contributed by atoms with Crippen LogP contribution in [-0.4, -0.2) is 63.2 Å². The number of amides is 2. The van der Waals surface area contributed by atoms with Gasteiger partial charge in [0.05, 0.1) is 37.6 Å². The monoisotopic (exact) mass is 457 g/mol. The Kier molecular flexibility index (Phi) is 7.29. The summed E-state index contributed by atoms with van der Waals surface area (Å²) in [7, 11) is 1.64. The van der Waals surface area contributed by atoms with E-state index in [-0.39, 0.29) is 17.9 Å². The van der Waals surface area contributed by atoms with Crippen LogP contribution in [0.1, 0.15) is 34.8 Å². The molecule has 4 rings (SSSR count). The first-order valence-electron chi connectivity index (χ1n) is 10.9. The Balaban J connectivity index is 1.54. The molecule has 170 valence electrons. The number of hydrogen-bond acceptors (Lipinski definition) is 5. The molecule has 0 aromatic heterocycles. The minimum Gasteiger partial charge on any atom is -0.497 e. The molecule has 0 unspecified atom stereocenters. The lowest BCUT2D eigenvalue weighted by atomic mass is 10.0. The molecule has 1 atom stereocenters. The molecule has 0 bridgehead atoms. The minimum absolute atomic E-state index is 0.00192. The van der Waals surface area contributed by atoms with Gasteiger partial charge in [0.15, 0.2) is 0 Å². The number of morpholine rings is 1. The van der Waals surface area contributed by atoms with Crippen molar-refractivity contribution >= 4 is 29.1 Å². The van der Waals surface area contributed by atoms with Crippen molar-refractivity contribution in [2.24, 2.45) is 0 Å². The van der Waals surface area contributed by atoms with Gasteiger partial charge in [0.1, 0.15) is 5.75 Å². The van der Waals surface area contributed by atoms with Crippen molar-refractivity contribution in [1.29, 1.82) is 0 Å². The molecule has 2 aromatic rings. The maximum atomic E-state index is 13.2. The molecule has 0 spiro atoms. The van der Waals surface area contributed by atoms with Crippen LogP contribution in [0, 0.1) is 0 Å². The number of anilines is 1. The molecular weight excluding hydrogens is 430 g/mol. The third-order valence-electron chi connectivity index (χ3n) is 6.01. The van der Waals surface area contributed by atoms with Crippen LogP contribution in [-0.2, 0) is 9.53 Å². The number of ether oxygens (including phenoxy) is 2. The van der Waals surface area contributed by atoms with Crippen molar-refractivity contribution in [2.75, 3.05) is 51.4 Å². The van der Waals surface area contributed by atoms with E-state index < -0.39 is 0 Å². The molecule has 8 heteroatoms. The molecule has 7 nitrogen and oxygen atoms in total. The van der Waals surface area contributed by atoms with E-state index in [9.17, 15) is 9.59 Å². The molecule has 0 saturated carbocycles. The third-order valence-corrected chi connectivity index (χ3v) is 6.25. The van der Waals surface area contributed by atoms with Gasteiger partial charge >= 0.3 is 0 Å². The lowest BCUT2D eigenvalue weighted by Crippen LogP contribution is -2.44. The number of carbonyl (C=O) groups is 2. The molecular formula is C24H28ClN3O4. The van der Waals surface area contributed by atoms with Gasteiger partial charge in [-0.1, -0.05) is 23.7 Å². The molecule has 0 radical (unpaired) electrons. The summed E-state index contributed by atoms with van der Waals surface area (Å²) < 4.78 is 10.8. The van der Waals surface area contributed by atoms with E-state index in [1.807, 2.05) is 24.3 Å². The van der Waals surface area contributed by atoms with Crippen LogP contribution < -0.4 is 15.0 Å². The average Bonchev–Trinajstić information content (AvgIpc) is 3.25. The summed E-state index contributed by atoms with van der Waals surface area (Å²) in [5.74, 6) is 0.591. The Labute approximate surface area is 193 Å². The van der Waals surface area contributed by atoms with E-state index in [1.54, 1.807) is 30.2 Å². The topological polar surface area (TPSA) is 71.1 Å². The van der Waals surface area contributed by atoms with Gasteiger partial charge in [0, 0.05) is 37.6 Å². The molecule has 2 saturated heterocycles. The number of methoxy groups -OCH3 is 1. The van der Waals surface area contributed by atoms with E-state index in [4.69, 9.17) is 21.1 Å². The van der Waals surface area contributed by atoms with E-state index in [0.29, 0.717) is 49.0 Å². The Morgan fingerprint density at radius 3 is 2.56 bits per heavy atom. The summed E-state index contributed by atoms with van der Waals surface area (Å²) in [5.41, 5.74) is 2.13. The van der Waals surface area contributed by atoms with Crippen molar-refractivity contribution in [3.8, 4) is 5.75 Å².